The van der Waals surface area contributed by atoms with Gasteiger partial charge >= 0.3 is 0 Å². The van der Waals surface area contributed by atoms with Crippen molar-refractivity contribution in [1.82, 2.24) is 9.97 Å². The molecule has 0 amide bonds. The predicted octanol–water partition coefficient (Wildman–Crippen LogP) is 4.01. The van der Waals surface area contributed by atoms with Crippen molar-refractivity contribution in [3.05, 3.63) is 17.7 Å². The lowest BCUT2D eigenvalue weighted by Gasteiger charge is -1.99. The van der Waals surface area contributed by atoms with Gasteiger partial charge in [0.05, 0.1) is 0 Å². The molecule has 1 aromatic heterocycles. The van der Waals surface area contributed by atoms with E-state index in [-0.39, 0.29) is 0 Å². The zero-order chi connectivity index (χ0) is 10.9. The maximum Gasteiger partial charge on any atom is 0.106 e. The molecule has 1 N–H and O–H groups in total. The number of H-pyrrole nitrogens is 1. The molecule has 86 valence electrons. The summed E-state index contributed by atoms with van der Waals surface area (Å²) >= 11 is 0. The Morgan fingerprint density at radius 1 is 1.07 bits per heavy atom. The Balaban J connectivity index is 1.93. The Morgan fingerprint density at radius 3 is 2.33 bits per heavy atom. The second-order valence-electron chi connectivity index (χ2n) is 4.38. The average molecular weight is 208 g/mol. The second kappa shape index (κ2) is 7.49. The van der Waals surface area contributed by atoms with E-state index in [0.29, 0.717) is 0 Å². The summed E-state index contributed by atoms with van der Waals surface area (Å²) in [5.74, 6) is 1.15. The zero-order valence-electron chi connectivity index (χ0n) is 10.2. The third kappa shape index (κ3) is 5.60. The second-order valence-corrected chi connectivity index (χ2v) is 4.38. The van der Waals surface area contributed by atoms with E-state index >= 15 is 0 Å². The van der Waals surface area contributed by atoms with Gasteiger partial charge in [0, 0.05) is 18.3 Å². The van der Waals surface area contributed by atoms with Crippen LogP contribution in [0.25, 0.3) is 0 Å². The van der Waals surface area contributed by atoms with Gasteiger partial charge in [0.25, 0.3) is 0 Å². The molecule has 2 heteroatoms. The van der Waals surface area contributed by atoms with E-state index < -0.39 is 0 Å². The monoisotopic (exact) mass is 208 g/mol. The van der Waals surface area contributed by atoms with Crippen LogP contribution in [0.4, 0.5) is 0 Å². The minimum atomic E-state index is 1.11. The van der Waals surface area contributed by atoms with Gasteiger partial charge in [0.15, 0.2) is 0 Å². The quantitative estimate of drug-likeness (QED) is 0.642. The number of rotatable bonds is 8. The fourth-order valence-corrected chi connectivity index (χ4v) is 1.84. The summed E-state index contributed by atoms with van der Waals surface area (Å²) < 4.78 is 0. The van der Waals surface area contributed by atoms with Crippen molar-refractivity contribution in [2.24, 2.45) is 0 Å². The summed E-state index contributed by atoms with van der Waals surface area (Å²) in [6, 6.07) is 0. The first kappa shape index (κ1) is 12.3. The molecular formula is C13H24N2. The highest BCUT2D eigenvalue weighted by atomic mass is 14.9. The number of aromatic amines is 1. The SMILES string of the molecule is CCCCCCCCCc1ncc(C)[nH]1. The molecule has 0 atom stereocenters. The first-order chi connectivity index (χ1) is 7.33. The minimum absolute atomic E-state index is 1.11. The number of aromatic nitrogens is 2. The van der Waals surface area contributed by atoms with Crippen molar-refractivity contribution in [2.45, 2.75) is 65.2 Å². The lowest BCUT2D eigenvalue weighted by atomic mass is 10.1. The molecule has 15 heavy (non-hydrogen) atoms. The molecule has 0 unspecified atom stereocenters. The number of nitrogens with one attached hydrogen (secondary N) is 1. The Labute approximate surface area is 93.5 Å². The number of nitrogens with zero attached hydrogens (tertiary/aromatic N) is 1. The number of unbranched alkanes of at least 4 members (excludes halogenated alkanes) is 6. The first-order valence-electron chi connectivity index (χ1n) is 6.33. The molecule has 0 spiro atoms. The van der Waals surface area contributed by atoms with Gasteiger partial charge in [0.1, 0.15) is 5.82 Å². The molecule has 0 aromatic carbocycles. The van der Waals surface area contributed by atoms with E-state index in [9.17, 15) is 0 Å². The third-order valence-electron chi connectivity index (χ3n) is 2.77. The topological polar surface area (TPSA) is 28.7 Å². The average Bonchev–Trinajstić information content (AvgIpc) is 2.63. The molecule has 0 radical (unpaired) electrons. The lowest BCUT2D eigenvalue weighted by Crippen LogP contribution is -1.89. The summed E-state index contributed by atoms with van der Waals surface area (Å²) in [7, 11) is 0. The maximum absolute atomic E-state index is 4.31. The highest BCUT2D eigenvalue weighted by Gasteiger charge is 1.97. The van der Waals surface area contributed by atoms with Crippen molar-refractivity contribution in [3.63, 3.8) is 0 Å². The molecule has 1 heterocycles. The fraction of sp³-hybridized carbons (Fsp3) is 0.769. The number of hydrogen-bond acceptors (Lipinski definition) is 1. The van der Waals surface area contributed by atoms with Crippen LogP contribution in [0.1, 0.15) is 63.4 Å². The maximum atomic E-state index is 4.31. The molecule has 0 saturated carbocycles. The van der Waals surface area contributed by atoms with Crippen LogP contribution in [0.2, 0.25) is 0 Å². The van der Waals surface area contributed by atoms with Gasteiger partial charge < -0.3 is 4.98 Å². The van der Waals surface area contributed by atoms with Gasteiger partial charge in [-0.25, -0.2) is 4.98 Å². The van der Waals surface area contributed by atoms with Crippen LogP contribution >= 0.6 is 0 Å². The van der Waals surface area contributed by atoms with Gasteiger partial charge in [-0.3, -0.25) is 0 Å². The van der Waals surface area contributed by atoms with Gasteiger partial charge in [0.2, 0.25) is 0 Å². The summed E-state index contributed by atoms with van der Waals surface area (Å²) in [4.78, 5) is 7.58. The standard InChI is InChI=1S/C13H24N2/c1-3-4-5-6-7-8-9-10-13-14-11-12(2)15-13/h11H,3-10H2,1-2H3,(H,14,15). The molecule has 0 fully saturated rings. The molecule has 1 rings (SSSR count). The molecule has 0 aliphatic carbocycles. The van der Waals surface area contributed by atoms with E-state index in [1.807, 2.05) is 6.20 Å². The Kier molecular flexibility index (Phi) is 6.14. The molecule has 0 aliphatic heterocycles. The summed E-state index contributed by atoms with van der Waals surface area (Å²) in [6.45, 7) is 4.32. The molecular weight excluding hydrogens is 184 g/mol. The van der Waals surface area contributed by atoms with Crippen molar-refractivity contribution in [1.29, 1.82) is 0 Å². The molecule has 2 nitrogen and oxygen atoms in total. The third-order valence-corrected chi connectivity index (χ3v) is 2.77. The molecule has 0 bridgehead atoms. The summed E-state index contributed by atoms with van der Waals surface area (Å²) in [5.41, 5.74) is 1.17. The van der Waals surface area contributed by atoms with Crippen molar-refractivity contribution in [3.8, 4) is 0 Å². The van der Waals surface area contributed by atoms with E-state index in [1.165, 1.54) is 50.6 Å². The van der Waals surface area contributed by atoms with Gasteiger partial charge in [-0.2, -0.15) is 0 Å². The van der Waals surface area contributed by atoms with E-state index in [0.717, 1.165) is 12.2 Å². The van der Waals surface area contributed by atoms with Crippen LogP contribution in [0.3, 0.4) is 0 Å². The van der Waals surface area contributed by atoms with Crippen molar-refractivity contribution in [2.75, 3.05) is 0 Å². The van der Waals surface area contributed by atoms with E-state index in [1.54, 1.807) is 0 Å². The number of aryl methyl sites for hydroxylation is 2. The Morgan fingerprint density at radius 2 is 1.73 bits per heavy atom. The largest absolute Gasteiger partial charge is 0.346 e. The van der Waals surface area contributed by atoms with Gasteiger partial charge in [-0.15, -0.1) is 0 Å². The van der Waals surface area contributed by atoms with Crippen LogP contribution in [0.5, 0.6) is 0 Å². The highest BCUT2D eigenvalue weighted by molar-refractivity contribution is 4.98. The van der Waals surface area contributed by atoms with E-state index in [2.05, 4.69) is 23.8 Å². The molecule has 0 saturated heterocycles. The summed E-state index contributed by atoms with van der Waals surface area (Å²) in [5, 5.41) is 0. The summed E-state index contributed by atoms with van der Waals surface area (Å²) in [6.07, 6.45) is 12.6. The van der Waals surface area contributed by atoms with Crippen LogP contribution in [0, 0.1) is 6.92 Å². The highest BCUT2D eigenvalue weighted by Crippen LogP contribution is 2.09. The fourth-order valence-electron chi connectivity index (χ4n) is 1.84. The van der Waals surface area contributed by atoms with Crippen LogP contribution in [-0.2, 0) is 6.42 Å². The Hall–Kier alpha value is -0.790. The minimum Gasteiger partial charge on any atom is -0.346 e. The molecule has 1 aromatic rings. The smallest absolute Gasteiger partial charge is 0.106 e. The van der Waals surface area contributed by atoms with Gasteiger partial charge in [-0.1, -0.05) is 45.4 Å². The van der Waals surface area contributed by atoms with E-state index in [4.69, 9.17) is 0 Å². The predicted molar refractivity (Wildman–Crippen MR) is 65.0 cm³/mol. The van der Waals surface area contributed by atoms with Crippen molar-refractivity contribution < 1.29 is 0 Å². The van der Waals surface area contributed by atoms with Crippen LogP contribution in [-0.4, -0.2) is 9.97 Å². The number of imidazole rings is 1. The van der Waals surface area contributed by atoms with Crippen LogP contribution < -0.4 is 0 Å². The number of hydrogen-bond donors (Lipinski definition) is 1. The lowest BCUT2D eigenvalue weighted by molar-refractivity contribution is 0.585. The van der Waals surface area contributed by atoms with Crippen molar-refractivity contribution >= 4 is 0 Å². The molecule has 0 aliphatic rings. The van der Waals surface area contributed by atoms with Crippen LogP contribution in [0.15, 0.2) is 6.20 Å². The zero-order valence-corrected chi connectivity index (χ0v) is 10.2. The Bertz CT molecular complexity index is 253. The first-order valence-corrected chi connectivity index (χ1v) is 6.33. The van der Waals surface area contributed by atoms with Gasteiger partial charge in [-0.05, 0) is 13.3 Å². The normalized spacial score (nSPS) is 10.8.